The first-order chi connectivity index (χ1) is 30.8. The third-order valence-corrected chi connectivity index (χ3v) is 14.5. The van der Waals surface area contributed by atoms with E-state index in [4.69, 9.17) is 37.9 Å². The van der Waals surface area contributed by atoms with E-state index < -0.39 is 106 Å². The highest BCUT2D eigenvalue weighted by atomic mass is 32.2. The van der Waals surface area contributed by atoms with Gasteiger partial charge in [0.25, 0.3) is 0 Å². The van der Waals surface area contributed by atoms with Gasteiger partial charge in [0.15, 0.2) is 35.8 Å². The lowest BCUT2D eigenvalue weighted by atomic mass is 9.44. The Morgan fingerprint density at radius 2 is 1.40 bits per heavy atom. The number of benzene rings is 3. The molecule has 1 spiro atoms. The Morgan fingerprint density at radius 1 is 0.769 bits per heavy atom. The first-order valence-corrected chi connectivity index (χ1v) is 21.9. The summed E-state index contributed by atoms with van der Waals surface area (Å²) >= 11 is 1.57. The van der Waals surface area contributed by atoms with E-state index in [1.807, 2.05) is 54.6 Å². The molecule has 2 aliphatic heterocycles. The summed E-state index contributed by atoms with van der Waals surface area (Å²) < 4.78 is 49.4. The molecule has 10 atom stereocenters. The summed E-state index contributed by atoms with van der Waals surface area (Å²) in [5.41, 5.74) is -6.85. The number of carbonyl (C=O) groups excluding carboxylic acids is 7. The van der Waals surface area contributed by atoms with Gasteiger partial charge < -0.3 is 37.9 Å². The van der Waals surface area contributed by atoms with Crippen LogP contribution in [0.5, 0.6) is 0 Å². The smallest absolute Gasteiger partial charge is 0.458 e. The second kappa shape index (κ2) is 16.9. The predicted molar refractivity (Wildman–Crippen MR) is 229 cm³/mol. The van der Waals surface area contributed by atoms with Crippen LogP contribution in [0.2, 0.25) is 0 Å². The Balaban J connectivity index is 1.31. The maximum absolute atomic E-state index is 16.1. The Labute approximate surface area is 379 Å². The number of esters is 5. The highest BCUT2D eigenvalue weighted by Gasteiger charge is 2.83. The highest BCUT2D eigenvalue weighted by molar-refractivity contribution is 7.99. The molecule has 0 radical (unpaired) electrons. The molecule has 5 aliphatic rings. The fourth-order valence-corrected chi connectivity index (χ4v) is 11.6. The number of rotatable bonds is 10. The molecule has 3 aromatic carbocycles. The first kappa shape index (κ1) is 45.3. The lowest BCUT2D eigenvalue weighted by Gasteiger charge is -2.67. The van der Waals surface area contributed by atoms with Gasteiger partial charge in [-0.25, -0.2) is 14.4 Å². The van der Waals surface area contributed by atoms with Crippen LogP contribution in [-0.4, -0.2) is 96.2 Å². The molecule has 2 heterocycles. The van der Waals surface area contributed by atoms with Crippen LogP contribution in [0.3, 0.4) is 0 Å². The van der Waals surface area contributed by atoms with Crippen molar-refractivity contribution in [2.75, 3.05) is 6.61 Å². The van der Waals surface area contributed by atoms with Crippen LogP contribution in [0.25, 0.3) is 6.08 Å². The second-order valence-corrected chi connectivity index (χ2v) is 18.7. The number of fused-ring (bicyclic) bond motifs is 4. The molecule has 2 saturated heterocycles. The van der Waals surface area contributed by atoms with E-state index in [1.54, 1.807) is 56.8 Å². The molecule has 3 aromatic rings. The summed E-state index contributed by atoms with van der Waals surface area (Å²) in [6, 6.07) is 25.2. The summed E-state index contributed by atoms with van der Waals surface area (Å²) in [5.74, 6) is -6.71. The van der Waals surface area contributed by atoms with Crippen LogP contribution in [0.4, 0.5) is 4.79 Å². The topological polar surface area (TPSA) is 193 Å². The van der Waals surface area contributed by atoms with Crippen LogP contribution >= 0.6 is 11.8 Å². The molecule has 0 unspecified atom stereocenters. The van der Waals surface area contributed by atoms with Gasteiger partial charge in [-0.05, 0) is 73.0 Å². The summed E-state index contributed by atoms with van der Waals surface area (Å²) in [7, 11) is 0. The second-order valence-electron chi connectivity index (χ2n) is 17.6. The minimum absolute atomic E-state index is 0.0614. The average Bonchev–Trinajstić information content (AvgIpc) is 3.62. The van der Waals surface area contributed by atoms with E-state index in [9.17, 15) is 28.8 Å². The number of ether oxygens (including phenoxy) is 8. The lowest BCUT2D eigenvalue weighted by molar-refractivity contribution is -0.346. The first-order valence-electron chi connectivity index (χ1n) is 21.1. The molecule has 340 valence electrons. The molecule has 4 fully saturated rings. The van der Waals surface area contributed by atoms with Crippen molar-refractivity contribution in [1.29, 1.82) is 0 Å². The van der Waals surface area contributed by atoms with Crippen molar-refractivity contribution in [1.82, 2.24) is 0 Å². The lowest BCUT2D eigenvalue weighted by Crippen LogP contribution is -2.83. The zero-order chi connectivity index (χ0) is 46.6. The van der Waals surface area contributed by atoms with Gasteiger partial charge in [0.2, 0.25) is 5.60 Å². The maximum atomic E-state index is 16.1. The standard InChI is InChI=1S/C49H48O15S/c1-26-37-39(59-28(3)51)41(54)47(7)34(60-36(53)23-20-30-18-21-33(22-19-30)65-32-16-12-9-13-17-32)24-35-48(25-57-35,63-29(4)52)40(47)43(61-44(55)31-14-10-8-11-15-31)49(46(37,5)6)42(62-45(56)64-49)38(26)58-27(2)50/h8-23,34-35,38-40,42-43H,24-25H2,1-7H3/b23-20+/t34-,35+,38+,39+,40-,42-,43-,47+,48-,49+/m0/s1. The van der Waals surface area contributed by atoms with E-state index in [0.717, 1.165) is 30.6 Å². The minimum Gasteiger partial charge on any atom is -0.458 e. The van der Waals surface area contributed by atoms with Gasteiger partial charge in [0.1, 0.15) is 12.2 Å². The monoisotopic (exact) mass is 908 g/mol. The Morgan fingerprint density at radius 3 is 2.00 bits per heavy atom. The summed E-state index contributed by atoms with van der Waals surface area (Å²) in [4.78, 5) is 99.9. The van der Waals surface area contributed by atoms with Gasteiger partial charge in [0.05, 0.1) is 23.5 Å². The largest absolute Gasteiger partial charge is 0.509 e. The van der Waals surface area contributed by atoms with Crippen LogP contribution < -0.4 is 0 Å². The number of ketones is 1. The van der Waals surface area contributed by atoms with Crippen LogP contribution in [-0.2, 0) is 61.9 Å². The Bertz CT molecular complexity index is 2500. The molecule has 0 N–H and O–H groups in total. The van der Waals surface area contributed by atoms with Gasteiger partial charge >= 0.3 is 36.0 Å². The fraction of sp³-hybridized carbons (Fsp3) is 0.408. The van der Waals surface area contributed by atoms with E-state index in [2.05, 4.69) is 0 Å². The van der Waals surface area contributed by atoms with E-state index >= 15 is 4.79 Å². The van der Waals surface area contributed by atoms with Gasteiger partial charge in [-0.3, -0.25) is 19.2 Å². The zero-order valence-electron chi connectivity index (χ0n) is 36.7. The quantitative estimate of drug-likeness (QED) is 0.0892. The summed E-state index contributed by atoms with van der Waals surface area (Å²) in [6.07, 6.45) is -7.92. The fourth-order valence-electron chi connectivity index (χ4n) is 10.7. The molecule has 8 rings (SSSR count). The molecule has 65 heavy (non-hydrogen) atoms. The third-order valence-electron chi connectivity index (χ3n) is 13.4. The molecule has 15 nitrogen and oxygen atoms in total. The molecule has 3 aliphatic carbocycles. The molecule has 16 heteroatoms. The average molecular weight is 909 g/mol. The van der Waals surface area contributed by atoms with Gasteiger partial charge in [0, 0.05) is 48.5 Å². The van der Waals surface area contributed by atoms with Crippen LogP contribution in [0.1, 0.15) is 70.8 Å². The Hall–Kier alpha value is -6.26. The zero-order valence-corrected chi connectivity index (χ0v) is 37.5. The molecule has 0 amide bonds. The Kier molecular flexibility index (Phi) is 11.8. The van der Waals surface area contributed by atoms with Gasteiger partial charge in [-0.2, -0.15) is 0 Å². The highest BCUT2D eigenvalue weighted by Crippen LogP contribution is 2.67. The van der Waals surface area contributed by atoms with Gasteiger partial charge in [-0.15, -0.1) is 0 Å². The van der Waals surface area contributed by atoms with Crippen molar-refractivity contribution in [3.8, 4) is 0 Å². The van der Waals surface area contributed by atoms with Crippen molar-refractivity contribution < 1.29 is 71.5 Å². The number of Topliss-reactive ketones (excluding diaryl/α,β-unsaturated/α-hetero) is 1. The normalized spacial score (nSPS) is 31.8. The molecule has 0 aromatic heterocycles. The summed E-state index contributed by atoms with van der Waals surface area (Å²) in [5, 5.41) is 0. The SMILES string of the molecule is CC(=O)O[C@H]1C(=O)[C@]2(C)[C@@H](OC(=O)/C=C/c3ccc(Sc4ccccc4)cc3)C[C@H]3OC[C@@]3(OC(C)=O)[C@H]2[C@H](OC(=O)c2ccccc2)[C@]23OC(=O)O[C@H]2[C@H](OC(C)=O)C(C)=C1C3(C)C. The van der Waals surface area contributed by atoms with E-state index in [1.165, 1.54) is 25.1 Å². The van der Waals surface area contributed by atoms with Crippen molar-refractivity contribution in [3.05, 3.63) is 113 Å². The number of carbonyl (C=O) groups is 7. The molecule has 2 bridgehead atoms. The van der Waals surface area contributed by atoms with Crippen molar-refractivity contribution in [2.45, 2.75) is 113 Å². The minimum atomic E-state index is -2.24. The molecular formula is C49H48O15S. The predicted octanol–water partition coefficient (Wildman–Crippen LogP) is 6.79. The molecular weight excluding hydrogens is 861 g/mol. The van der Waals surface area contributed by atoms with Crippen molar-refractivity contribution in [3.63, 3.8) is 0 Å². The van der Waals surface area contributed by atoms with E-state index in [0.29, 0.717) is 5.56 Å². The maximum Gasteiger partial charge on any atom is 0.509 e. The number of hydrogen-bond donors (Lipinski definition) is 0. The third kappa shape index (κ3) is 7.59. The van der Waals surface area contributed by atoms with E-state index in [-0.39, 0.29) is 29.7 Å². The van der Waals surface area contributed by atoms with Crippen LogP contribution in [0.15, 0.2) is 112 Å². The summed E-state index contributed by atoms with van der Waals surface area (Å²) in [6.45, 7) is 9.27. The number of hydrogen-bond acceptors (Lipinski definition) is 16. The van der Waals surface area contributed by atoms with Crippen molar-refractivity contribution in [2.24, 2.45) is 16.7 Å². The van der Waals surface area contributed by atoms with Gasteiger partial charge in [-0.1, -0.05) is 74.1 Å². The van der Waals surface area contributed by atoms with Crippen molar-refractivity contribution >= 4 is 59.6 Å². The van der Waals surface area contributed by atoms with Crippen LogP contribution in [0, 0.1) is 16.7 Å². The molecule has 2 saturated carbocycles.